The van der Waals surface area contributed by atoms with Gasteiger partial charge in [0.25, 0.3) is 0 Å². The van der Waals surface area contributed by atoms with Crippen LogP contribution in [0.5, 0.6) is 0 Å². The Morgan fingerprint density at radius 1 is 1.24 bits per heavy atom. The Hall–Kier alpha value is -0.710. The number of carbonyl (C=O) groups is 2. The molecule has 1 amide bonds. The first-order valence-corrected chi connectivity index (χ1v) is 7.29. The zero-order chi connectivity index (χ0) is 12.3. The van der Waals surface area contributed by atoms with E-state index >= 15 is 0 Å². The highest BCUT2D eigenvalue weighted by molar-refractivity contribution is 8.00. The first-order chi connectivity index (χ1) is 8.24. The molecular formula is C12H19NO3S. The largest absolute Gasteiger partial charge is 0.467 e. The van der Waals surface area contributed by atoms with Crippen LogP contribution in [0.2, 0.25) is 0 Å². The Morgan fingerprint density at radius 2 is 2.06 bits per heavy atom. The van der Waals surface area contributed by atoms with Crippen LogP contribution in [0, 0.1) is 0 Å². The second-order valence-corrected chi connectivity index (χ2v) is 5.88. The molecule has 5 heteroatoms. The monoisotopic (exact) mass is 257 g/mol. The molecule has 96 valence electrons. The molecule has 0 radical (unpaired) electrons. The molecule has 2 aliphatic heterocycles. The minimum absolute atomic E-state index is 0.0697. The summed E-state index contributed by atoms with van der Waals surface area (Å²) in [6.07, 6.45) is 4.81. The molecule has 17 heavy (non-hydrogen) atoms. The third-order valence-electron chi connectivity index (χ3n) is 3.46. The zero-order valence-electron chi connectivity index (χ0n) is 10.2. The summed E-state index contributed by atoms with van der Waals surface area (Å²) in [5.41, 5.74) is 0. The molecule has 0 N–H and O–H groups in total. The van der Waals surface area contributed by atoms with Gasteiger partial charge in [-0.3, -0.25) is 4.79 Å². The zero-order valence-corrected chi connectivity index (χ0v) is 11.0. The maximum atomic E-state index is 12.3. The van der Waals surface area contributed by atoms with Gasteiger partial charge in [-0.15, -0.1) is 11.8 Å². The van der Waals surface area contributed by atoms with Crippen LogP contribution in [0.4, 0.5) is 0 Å². The highest BCUT2D eigenvalue weighted by Crippen LogP contribution is 2.30. The van der Waals surface area contributed by atoms with Crippen LogP contribution in [0.1, 0.15) is 32.1 Å². The van der Waals surface area contributed by atoms with E-state index in [4.69, 9.17) is 4.74 Å². The molecule has 4 nitrogen and oxygen atoms in total. The van der Waals surface area contributed by atoms with Gasteiger partial charge in [-0.2, -0.15) is 0 Å². The highest BCUT2D eigenvalue weighted by Gasteiger charge is 2.37. The lowest BCUT2D eigenvalue weighted by Gasteiger charge is -2.35. The highest BCUT2D eigenvalue weighted by atomic mass is 32.2. The number of hydrogen-bond donors (Lipinski definition) is 0. The fourth-order valence-electron chi connectivity index (χ4n) is 2.53. The molecule has 2 saturated heterocycles. The molecule has 0 bridgehead atoms. The smallest absolute Gasteiger partial charge is 0.328 e. The maximum absolute atomic E-state index is 12.3. The van der Waals surface area contributed by atoms with Gasteiger partial charge in [0.05, 0.1) is 12.4 Å². The van der Waals surface area contributed by atoms with E-state index in [0.29, 0.717) is 6.54 Å². The van der Waals surface area contributed by atoms with Crippen molar-refractivity contribution in [2.75, 3.05) is 19.4 Å². The van der Waals surface area contributed by atoms with E-state index in [1.54, 1.807) is 16.7 Å². The van der Waals surface area contributed by atoms with Crippen LogP contribution in [0.15, 0.2) is 0 Å². The quantitative estimate of drug-likeness (QED) is 0.702. The number of methoxy groups -OCH3 is 1. The number of esters is 1. The first-order valence-electron chi connectivity index (χ1n) is 6.24. The summed E-state index contributed by atoms with van der Waals surface area (Å²) < 4.78 is 4.79. The Bertz CT molecular complexity index is 302. The summed E-state index contributed by atoms with van der Waals surface area (Å²) in [5, 5.41) is 0.0697. The molecule has 0 aromatic rings. The SMILES string of the molecule is COC(=O)[C@H]1CCCCN1C(=O)C1CCCS1. The topological polar surface area (TPSA) is 46.6 Å². The second-order valence-electron chi connectivity index (χ2n) is 4.57. The molecule has 1 unspecified atom stereocenters. The normalized spacial score (nSPS) is 29.1. The fourth-order valence-corrected chi connectivity index (χ4v) is 3.76. The number of carbonyl (C=O) groups excluding carboxylic acids is 2. The summed E-state index contributed by atoms with van der Waals surface area (Å²) in [6, 6.07) is -0.345. The Morgan fingerprint density at radius 3 is 2.71 bits per heavy atom. The van der Waals surface area contributed by atoms with Crippen molar-refractivity contribution in [3.05, 3.63) is 0 Å². The van der Waals surface area contributed by atoms with E-state index < -0.39 is 0 Å². The standard InChI is InChI=1S/C12H19NO3S/c1-16-12(15)9-5-2-3-7-13(9)11(14)10-6-4-8-17-10/h9-10H,2-8H2,1H3/t9-,10?/m1/s1. The van der Waals surface area contributed by atoms with Crippen molar-refractivity contribution >= 4 is 23.6 Å². The van der Waals surface area contributed by atoms with Gasteiger partial charge in [0.2, 0.25) is 5.91 Å². The number of likely N-dealkylation sites (tertiary alicyclic amines) is 1. The third kappa shape index (κ3) is 2.76. The number of hydrogen-bond acceptors (Lipinski definition) is 4. The van der Waals surface area contributed by atoms with Crippen LogP contribution < -0.4 is 0 Å². The molecule has 2 heterocycles. The maximum Gasteiger partial charge on any atom is 0.328 e. The molecule has 0 aromatic heterocycles. The van der Waals surface area contributed by atoms with Gasteiger partial charge in [-0.25, -0.2) is 4.79 Å². The van der Waals surface area contributed by atoms with Gasteiger partial charge >= 0.3 is 5.97 Å². The first kappa shape index (κ1) is 12.7. The summed E-state index contributed by atoms with van der Waals surface area (Å²) in [6.45, 7) is 0.704. The van der Waals surface area contributed by atoms with E-state index in [0.717, 1.165) is 37.9 Å². The molecule has 0 aromatic carbocycles. The van der Waals surface area contributed by atoms with Crippen LogP contribution >= 0.6 is 11.8 Å². The van der Waals surface area contributed by atoms with Gasteiger partial charge in [-0.1, -0.05) is 0 Å². The van der Waals surface area contributed by atoms with Gasteiger partial charge in [0.1, 0.15) is 6.04 Å². The summed E-state index contributed by atoms with van der Waals surface area (Å²) in [7, 11) is 1.39. The Kier molecular flexibility index (Phi) is 4.31. The van der Waals surface area contributed by atoms with E-state index in [2.05, 4.69) is 0 Å². The summed E-state index contributed by atoms with van der Waals surface area (Å²) >= 11 is 1.72. The van der Waals surface area contributed by atoms with Crippen LogP contribution in [0.3, 0.4) is 0 Å². The Labute approximate surface area is 106 Å². The molecule has 2 fully saturated rings. The van der Waals surface area contributed by atoms with Crippen LogP contribution in [-0.4, -0.2) is 47.5 Å². The van der Waals surface area contributed by atoms with Gasteiger partial charge in [0.15, 0.2) is 0 Å². The van der Waals surface area contributed by atoms with Crippen molar-refractivity contribution in [1.82, 2.24) is 4.90 Å². The molecule has 2 atom stereocenters. The van der Waals surface area contributed by atoms with Crippen LogP contribution in [0.25, 0.3) is 0 Å². The number of rotatable bonds is 2. The van der Waals surface area contributed by atoms with E-state index in [-0.39, 0.29) is 23.2 Å². The molecule has 0 aliphatic carbocycles. The predicted octanol–water partition coefficient (Wildman–Crippen LogP) is 1.44. The van der Waals surface area contributed by atoms with Crippen molar-refractivity contribution in [3.63, 3.8) is 0 Å². The molecule has 2 rings (SSSR count). The molecule has 2 aliphatic rings. The number of amides is 1. The second kappa shape index (κ2) is 5.76. The minimum Gasteiger partial charge on any atom is -0.467 e. The van der Waals surface area contributed by atoms with Crippen molar-refractivity contribution in [2.45, 2.75) is 43.4 Å². The average Bonchev–Trinajstić information content (AvgIpc) is 2.91. The Balaban J connectivity index is 2.04. The number of piperidine rings is 1. The lowest BCUT2D eigenvalue weighted by molar-refractivity contribution is -0.154. The van der Waals surface area contributed by atoms with Gasteiger partial charge in [-0.05, 0) is 37.9 Å². The molecule has 0 spiro atoms. The average molecular weight is 257 g/mol. The van der Waals surface area contributed by atoms with E-state index in [1.165, 1.54) is 7.11 Å². The number of ether oxygens (including phenoxy) is 1. The lowest BCUT2D eigenvalue weighted by Crippen LogP contribution is -2.50. The fraction of sp³-hybridized carbons (Fsp3) is 0.833. The number of thioether (sulfide) groups is 1. The lowest BCUT2D eigenvalue weighted by atomic mass is 10.0. The summed E-state index contributed by atoms with van der Waals surface area (Å²) in [4.78, 5) is 25.8. The summed E-state index contributed by atoms with van der Waals surface area (Å²) in [5.74, 6) is 0.941. The molecular weight excluding hydrogens is 238 g/mol. The van der Waals surface area contributed by atoms with Gasteiger partial charge < -0.3 is 9.64 Å². The molecule has 0 saturated carbocycles. The van der Waals surface area contributed by atoms with Crippen molar-refractivity contribution in [1.29, 1.82) is 0 Å². The van der Waals surface area contributed by atoms with Crippen molar-refractivity contribution in [3.8, 4) is 0 Å². The van der Waals surface area contributed by atoms with E-state index in [9.17, 15) is 9.59 Å². The van der Waals surface area contributed by atoms with Crippen molar-refractivity contribution < 1.29 is 14.3 Å². The van der Waals surface area contributed by atoms with Crippen molar-refractivity contribution in [2.24, 2.45) is 0 Å². The third-order valence-corrected chi connectivity index (χ3v) is 4.83. The predicted molar refractivity (Wildman–Crippen MR) is 66.8 cm³/mol. The van der Waals surface area contributed by atoms with Crippen LogP contribution in [-0.2, 0) is 14.3 Å². The number of nitrogens with zero attached hydrogens (tertiary/aromatic N) is 1. The minimum atomic E-state index is -0.345. The van der Waals surface area contributed by atoms with E-state index in [1.807, 2.05) is 0 Å². The van der Waals surface area contributed by atoms with Gasteiger partial charge in [0, 0.05) is 6.54 Å².